The van der Waals surface area contributed by atoms with E-state index in [2.05, 4.69) is 12.2 Å². The van der Waals surface area contributed by atoms with Gasteiger partial charge in [-0.05, 0) is 67.6 Å². The number of anilines is 2. The van der Waals surface area contributed by atoms with Crippen molar-refractivity contribution in [1.29, 1.82) is 0 Å². The minimum absolute atomic E-state index is 0. The number of piperidine rings is 1. The molecule has 0 unspecified atom stereocenters. The monoisotopic (exact) mass is 387 g/mol. The van der Waals surface area contributed by atoms with Crippen LogP contribution in [0.5, 0.6) is 0 Å². The minimum Gasteiger partial charge on any atom is -0.399 e. The van der Waals surface area contributed by atoms with E-state index in [0.717, 1.165) is 31.5 Å². The van der Waals surface area contributed by atoms with Crippen LogP contribution in [0.2, 0.25) is 0 Å². The second-order valence-corrected chi connectivity index (χ2v) is 7.08. The third-order valence-electron chi connectivity index (χ3n) is 4.97. The fraction of sp³-hybridized carbons (Fsp3) is 0.333. The number of hydrogen-bond donors (Lipinski definition) is 2. The van der Waals surface area contributed by atoms with Gasteiger partial charge in [-0.25, -0.2) is 0 Å². The van der Waals surface area contributed by atoms with E-state index in [1.165, 1.54) is 0 Å². The molecule has 0 radical (unpaired) electrons. The molecule has 2 aromatic rings. The standard InChI is InChI=1S/C21H25N3O2.ClH/c1-14-9-11-24(12-10-14)21(26)16-4-7-18(8-5-16)23-20(25)19-13-17(22)6-3-15(19)2;/h3-8,13-14H,9-12,22H2,1-2H3,(H,23,25);1H. The van der Waals surface area contributed by atoms with E-state index in [0.29, 0.717) is 28.4 Å². The largest absolute Gasteiger partial charge is 0.399 e. The molecule has 5 nitrogen and oxygen atoms in total. The first kappa shape index (κ1) is 20.8. The highest BCUT2D eigenvalue weighted by Gasteiger charge is 2.21. The smallest absolute Gasteiger partial charge is 0.256 e. The van der Waals surface area contributed by atoms with Crippen molar-refractivity contribution in [2.75, 3.05) is 24.1 Å². The maximum Gasteiger partial charge on any atom is 0.256 e. The van der Waals surface area contributed by atoms with Crippen LogP contribution in [-0.2, 0) is 0 Å². The van der Waals surface area contributed by atoms with Crippen LogP contribution in [-0.4, -0.2) is 29.8 Å². The zero-order valence-corrected chi connectivity index (χ0v) is 16.5. The predicted molar refractivity (Wildman–Crippen MR) is 112 cm³/mol. The summed E-state index contributed by atoms with van der Waals surface area (Å²) in [4.78, 5) is 26.9. The number of carbonyl (C=O) groups excluding carboxylic acids is 2. The lowest BCUT2D eigenvalue weighted by atomic mass is 9.98. The lowest BCUT2D eigenvalue weighted by Crippen LogP contribution is -2.37. The number of aryl methyl sites for hydroxylation is 1. The molecule has 0 atom stereocenters. The van der Waals surface area contributed by atoms with Gasteiger partial charge in [0.15, 0.2) is 0 Å². The van der Waals surface area contributed by atoms with Crippen molar-refractivity contribution in [2.24, 2.45) is 5.92 Å². The van der Waals surface area contributed by atoms with E-state index in [4.69, 9.17) is 5.73 Å². The summed E-state index contributed by atoms with van der Waals surface area (Å²) in [6.45, 7) is 5.72. The highest BCUT2D eigenvalue weighted by molar-refractivity contribution is 6.06. The first-order chi connectivity index (χ1) is 12.4. The quantitative estimate of drug-likeness (QED) is 0.777. The SMILES string of the molecule is Cc1ccc(N)cc1C(=O)Nc1ccc(C(=O)N2CCC(C)CC2)cc1.Cl. The minimum atomic E-state index is -0.209. The van der Waals surface area contributed by atoms with E-state index in [-0.39, 0.29) is 24.2 Å². The van der Waals surface area contributed by atoms with E-state index in [1.807, 2.05) is 17.9 Å². The first-order valence-corrected chi connectivity index (χ1v) is 9.01. The Kier molecular flexibility index (Phi) is 6.86. The van der Waals surface area contributed by atoms with Crippen molar-refractivity contribution in [1.82, 2.24) is 4.90 Å². The number of nitrogens with one attached hydrogen (secondary N) is 1. The molecule has 2 aromatic carbocycles. The molecule has 6 heteroatoms. The van der Waals surface area contributed by atoms with Gasteiger partial charge >= 0.3 is 0 Å². The van der Waals surface area contributed by atoms with Crippen LogP contribution < -0.4 is 11.1 Å². The molecule has 3 rings (SSSR count). The summed E-state index contributed by atoms with van der Waals surface area (Å²) in [5.74, 6) is 0.535. The number of likely N-dealkylation sites (tertiary alicyclic amines) is 1. The van der Waals surface area contributed by atoms with Crippen molar-refractivity contribution in [2.45, 2.75) is 26.7 Å². The molecular formula is C21H26ClN3O2. The molecule has 1 saturated heterocycles. The number of hydrogen-bond acceptors (Lipinski definition) is 3. The van der Waals surface area contributed by atoms with Gasteiger partial charge in [0.05, 0.1) is 0 Å². The Morgan fingerprint density at radius 1 is 1.07 bits per heavy atom. The highest BCUT2D eigenvalue weighted by atomic mass is 35.5. The lowest BCUT2D eigenvalue weighted by molar-refractivity contribution is 0.0697. The van der Waals surface area contributed by atoms with Crippen molar-refractivity contribution >= 4 is 35.6 Å². The second-order valence-electron chi connectivity index (χ2n) is 7.08. The number of nitrogen functional groups attached to an aromatic ring is 1. The van der Waals surface area contributed by atoms with Gasteiger partial charge in [0, 0.05) is 35.6 Å². The predicted octanol–water partition coefficient (Wildman–Crippen LogP) is 4.12. The molecule has 0 saturated carbocycles. The molecule has 1 aliphatic rings. The van der Waals surface area contributed by atoms with E-state index in [1.54, 1.807) is 36.4 Å². The molecular weight excluding hydrogens is 362 g/mol. The number of amides is 2. The Morgan fingerprint density at radius 3 is 2.33 bits per heavy atom. The van der Waals surface area contributed by atoms with Gasteiger partial charge < -0.3 is 16.0 Å². The highest BCUT2D eigenvalue weighted by Crippen LogP contribution is 2.20. The van der Waals surface area contributed by atoms with Crippen LogP contribution >= 0.6 is 12.4 Å². The first-order valence-electron chi connectivity index (χ1n) is 9.01. The van der Waals surface area contributed by atoms with Gasteiger partial charge in [0.25, 0.3) is 11.8 Å². The summed E-state index contributed by atoms with van der Waals surface area (Å²) < 4.78 is 0. The Balaban J connectivity index is 0.00000261. The van der Waals surface area contributed by atoms with E-state index < -0.39 is 0 Å². The molecule has 0 spiro atoms. The van der Waals surface area contributed by atoms with E-state index in [9.17, 15) is 9.59 Å². The maximum atomic E-state index is 12.6. The topological polar surface area (TPSA) is 75.4 Å². The van der Waals surface area contributed by atoms with Crippen molar-refractivity contribution < 1.29 is 9.59 Å². The molecule has 0 aliphatic carbocycles. The number of nitrogens with two attached hydrogens (primary N) is 1. The number of carbonyl (C=O) groups is 2. The molecule has 1 aliphatic heterocycles. The van der Waals surface area contributed by atoms with E-state index >= 15 is 0 Å². The van der Waals surface area contributed by atoms with Crippen LogP contribution in [0.15, 0.2) is 42.5 Å². The summed E-state index contributed by atoms with van der Waals surface area (Å²) in [6, 6.07) is 12.3. The zero-order valence-electron chi connectivity index (χ0n) is 15.7. The third-order valence-corrected chi connectivity index (χ3v) is 4.97. The molecule has 144 valence electrons. The average molecular weight is 388 g/mol. The summed E-state index contributed by atoms with van der Waals surface area (Å²) in [7, 11) is 0. The number of halogens is 1. The Hall–Kier alpha value is -2.53. The van der Waals surface area contributed by atoms with Crippen molar-refractivity contribution in [3.63, 3.8) is 0 Å². The number of rotatable bonds is 3. The van der Waals surface area contributed by atoms with Gasteiger partial charge in [0.1, 0.15) is 0 Å². The fourth-order valence-electron chi connectivity index (χ4n) is 3.17. The van der Waals surface area contributed by atoms with Crippen LogP contribution in [0, 0.1) is 12.8 Å². The van der Waals surface area contributed by atoms with Gasteiger partial charge in [-0.15, -0.1) is 12.4 Å². The second kappa shape index (κ2) is 8.91. The normalized spacial score (nSPS) is 14.4. The van der Waals surface area contributed by atoms with Gasteiger partial charge in [-0.3, -0.25) is 9.59 Å². The summed E-state index contributed by atoms with van der Waals surface area (Å²) in [5, 5.41) is 2.86. The number of benzene rings is 2. The summed E-state index contributed by atoms with van der Waals surface area (Å²) >= 11 is 0. The van der Waals surface area contributed by atoms with Crippen molar-refractivity contribution in [3.05, 3.63) is 59.2 Å². The van der Waals surface area contributed by atoms with Crippen LogP contribution in [0.3, 0.4) is 0 Å². The Morgan fingerprint density at radius 2 is 1.70 bits per heavy atom. The molecule has 0 aromatic heterocycles. The lowest BCUT2D eigenvalue weighted by Gasteiger charge is -2.30. The van der Waals surface area contributed by atoms with Crippen LogP contribution in [0.1, 0.15) is 46.0 Å². The molecule has 1 heterocycles. The molecule has 0 bridgehead atoms. The van der Waals surface area contributed by atoms with Gasteiger partial charge in [-0.1, -0.05) is 13.0 Å². The Bertz CT molecular complexity index is 813. The molecule has 1 fully saturated rings. The third kappa shape index (κ3) is 5.01. The average Bonchev–Trinajstić information content (AvgIpc) is 2.64. The van der Waals surface area contributed by atoms with Gasteiger partial charge in [-0.2, -0.15) is 0 Å². The summed E-state index contributed by atoms with van der Waals surface area (Å²) in [5.41, 5.74) is 9.04. The zero-order chi connectivity index (χ0) is 18.7. The number of nitrogens with zero attached hydrogens (tertiary/aromatic N) is 1. The van der Waals surface area contributed by atoms with Gasteiger partial charge in [0.2, 0.25) is 0 Å². The molecule has 27 heavy (non-hydrogen) atoms. The fourth-order valence-corrected chi connectivity index (χ4v) is 3.17. The molecule has 3 N–H and O–H groups in total. The van der Waals surface area contributed by atoms with Crippen LogP contribution in [0.25, 0.3) is 0 Å². The maximum absolute atomic E-state index is 12.6. The van der Waals surface area contributed by atoms with Crippen LogP contribution in [0.4, 0.5) is 11.4 Å². The molecule has 2 amide bonds. The Labute approximate surface area is 166 Å². The van der Waals surface area contributed by atoms with Crippen molar-refractivity contribution in [3.8, 4) is 0 Å². The summed E-state index contributed by atoms with van der Waals surface area (Å²) in [6.07, 6.45) is 2.11.